The molecule has 4 N–H and O–H groups in total. The fourth-order valence-electron chi connectivity index (χ4n) is 2.11. The number of hydrogen-bond donors (Lipinski definition) is 3. The molecular weight excluding hydrogens is 202 g/mol. The summed E-state index contributed by atoms with van der Waals surface area (Å²) in [5.74, 6) is 0.863. The normalized spacial score (nSPS) is 24.4. The van der Waals surface area contributed by atoms with E-state index in [1.54, 1.807) is 7.11 Å². The molecule has 1 fully saturated rings. The Kier molecular flexibility index (Phi) is 3.31. The maximum atomic E-state index is 5.86. The molecule has 2 rings (SSSR count). The largest absolute Gasteiger partial charge is 0.495 e. The second-order valence-corrected chi connectivity index (χ2v) is 4.24. The molecule has 0 bridgehead atoms. The van der Waals surface area contributed by atoms with Crippen LogP contribution in [0.15, 0.2) is 24.3 Å². The maximum Gasteiger partial charge on any atom is 0.141 e. The first-order chi connectivity index (χ1) is 7.79. The van der Waals surface area contributed by atoms with Crippen LogP contribution in [0.25, 0.3) is 0 Å². The summed E-state index contributed by atoms with van der Waals surface area (Å²) in [4.78, 5) is 0. The van der Waals surface area contributed by atoms with Crippen LogP contribution in [0, 0.1) is 0 Å². The van der Waals surface area contributed by atoms with Gasteiger partial charge in [-0.05, 0) is 25.1 Å². The lowest BCUT2D eigenvalue weighted by atomic mass is 9.98. The van der Waals surface area contributed by atoms with Crippen LogP contribution in [0.1, 0.15) is 6.42 Å². The zero-order chi connectivity index (χ0) is 11.4. The predicted molar refractivity (Wildman–Crippen MR) is 65.9 cm³/mol. The van der Waals surface area contributed by atoms with Crippen LogP contribution >= 0.6 is 0 Å². The minimum absolute atomic E-state index is 0.0331. The van der Waals surface area contributed by atoms with Crippen molar-refractivity contribution in [3.05, 3.63) is 24.3 Å². The van der Waals surface area contributed by atoms with Gasteiger partial charge in [-0.1, -0.05) is 12.1 Å². The molecule has 0 aliphatic carbocycles. The second-order valence-electron chi connectivity index (χ2n) is 4.24. The van der Waals surface area contributed by atoms with E-state index in [9.17, 15) is 0 Å². The zero-order valence-corrected chi connectivity index (χ0v) is 9.62. The average molecular weight is 221 g/mol. The van der Waals surface area contributed by atoms with Crippen molar-refractivity contribution in [2.24, 2.45) is 5.73 Å². The average Bonchev–Trinajstić information content (AvgIpc) is 2.79. The molecule has 4 heteroatoms. The Labute approximate surface area is 96.2 Å². The van der Waals surface area contributed by atoms with Gasteiger partial charge < -0.3 is 21.1 Å². The first-order valence-corrected chi connectivity index (χ1v) is 5.62. The van der Waals surface area contributed by atoms with Gasteiger partial charge in [-0.3, -0.25) is 0 Å². The van der Waals surface area contributed by atoms with E-state index in [4.69, 9.17) is 10.5 Å². The summed E-state index contributed by atoms with van der Waals surface area (Å²) in [7, 11) is 1.68. The topological polar surface area (TPSA) is 59.3 Å². The Morgan fingerprint density at radius 2 is 2.31 bits per heavy atom. The van der Waals surface area contributed by atoms with Crippen molar-refractivity contribution >= 4 is 5.69 Å². The van der Waals surface area contributed by atoms with E-state index in [0.717, 1.165) is 30.9 Å². The predicted octanol–water partition coefficient (Wildman–Crippen LogP) is 0.798. The summed E-state index contributed by atoms with van der Waals surface area (Å²) in [6, 6.07) is 7.94. The Morgan fingerprint density at radius 1 is 1.50 bits per heavy atom. The number of hydrogen-bond acceptors (Lipinski definition) is 4. The third-order valence-corrected chi connectivity index (χ3v) is 3.14. The molecule has 1 unspecified atom stereocenters. The van der Waals surface area contributed by atoms with E-state index in [-0.39, 0.29) is 5.54 Å². The third kappa shape index (κ3) is 2.13. The van der Waals surface area contributed by atoms with E-state index in [1.165, 1.54) is 0 Å². The smallest absolute Gasteiger partial charge is 0.141 e. The highest BCUT2D eigenvalue weighted by Gasteiger charge is 2.32. The van der Waals surface area contributed by atoms with Crippen molar-refractivity contribution < 1.29 is 4.74 Å². The minimum atomic E-state index is -0.0331. The van der Waals surface area contributed by atoms with Crippen molar-refractivity contribution in [3.8, 4) is 5.75 Å². The highest BCUT2D eigenvalue weighted by molar-refractivity contribution is 5.58. The number of para-hydroxylation sites is 2. The summed E-state index contributed by atoms with van der Waals surface area (Å²) in [6.45, 7) is 2.54. The van der Waals surface area contributed by atoms with Gasteiger partial charge in [0.15, 0.2) is 0 Å². The molecule has 1 atom stereocenters. The second kappa shape index (κ2) is 4.72. The summed E-state index contributed by atoms with van der Waals surface area (Å²) >= 11 is 0. The fraction of sp³-hybridized carbons (Fsp3) is 0.500. The highest BCUT2D eigenvalue weighted by Crippen LogP contribution is 2.28. The zero-order valence-electron chi connectivity index (χ0n) is 9.62. The lowest BCUT2D eigenvalue weighted by molar-refractivity contribution is 0.413. The van der Waals surface area contributed by atoms with Crippen molar-refractivity contribution in [1.29, 1.82) is 0 Å². The standard InChI is InChI=1S/C12H19N3O/c1-16-11-5-3-2-4-10(11)15-12(8-13)6-7-14-9-12/h2-5,14-15H,6-9,13H2,1H3. The molecule has 0 amide bonds. The molecule has 0 spiro atoms. The molecule has 4 nitrogen and oxygen atoms in total. The van der Waals surface area contributed by atoms with Crippen LogP contribution < -0.4 is 21.1 Å². The van der Waals surface area contributed by atoms with Crippen LogP contribution in [0.3, 0.4) is 0 Å². The van der Waals surface area contributed by atoms with E-state index >= 15 is 0 Å². The Bertz CT molecular complexity index is 348. The van der Waals surface area contributed by atoms with E-state index in [0.29, 0.717) is 6.54 Å². The lowest BCUT2D eigenvalue weighted by Gasteiger charge is -2.29. The van der Waals surface area contributed by atoms with Gasteiger partial charge >= 0.3 is 0 Å². The number of methoxy groups -OCH3 is 1. The quantitative estimate of drug-likeness (QED) is 0.704. The van der Waals surface area contributed by atoms with Crippen LogP contribution in [0.5, 0.6) is 5.75 Å². The fourth-order valence-corrected chi connectivity index (χ4v) is 2.11. The van der Waals surface area contributed by atoms with Gasteiger partial charge in [0.2, 0.25) is 0 Å². The Balaban J connectivity index is 2.18. The third-order valence-electron chi connectivity index (χ3n) is 3.14. The minimum Gasteiger partial charge on any atom is -0.495 e. The molecule has 16 heavy (non-hydrogen) atoms. The highest BCUT2D eigenvalue weighted by atomic mass is 16.5. The summed E-state index contributed by atoms with van der Waals surface area (Å²) in [5.41, 5.74) is 6.84. The first kappa shape index (κ1) is 11.2. The van der Waals surface area contributed by atoms with Crippen molar-refractivity contribution in [2.45, 2.75) is 12.0 Å². The molecule has 1 heterocycles. The SMILES string of the molecule is COc1ccccc1NC1(CN)CCNC1. The summed E-state index contributed by atoms with van der Waals surface area (Å²) in [6.07, 6.45) is 1.04. The van der Waals surface area contributed by atoms with Crippen LogP contribution in [0.4, 0.5) is 5.69 Å². The summed E-state index contributed by atoms with van der Waals surface area (Å²) in [5, 5.41) is 6.85. The van der Waals surface area contributed by atoms with Crippen molar-refractivity contribution in [3.63, 3.8) is 0 Å². The molecular formula is C12H19N3O. The molecule has 88 valence electrons. The molecule has 1 aromatic carbocycles. The van der Waals surface area contributed by atoms with Gasteiger partial charge in [0.25, 0.3) is 0 Å². The maximum absolute atomic E-state index is 5.86. The molecule has 1 aliphatic heterocycles. The number of nitrogens with one attached hydrogen (secondary N) is 2. The number of anilines is 1. The van der Waals surface area contributed by atoms with Gasteiger partial charge in [-0.25, -0.2) is 0 Å². The molecule has 0 radical (unpaired) electrons. The number of nitrogens with two attached hydrogens (primary N) is 1. The first-order valence-electron chi connectivity index (χ1n) is 5.62. The summed E-state index contributed by atoms with van der Waals surface area (Å²) < 4.78 is 5.32. The van der Waals surface area contributed by atoms with Crippen molar-refractivity contribution in [1.82, 2.24) is 5.32 Å². The lowest BCUT2D eigenvalue weighted by Crippen LogP contribution is -2.47. The van der Waals surface area contributed by atoms with E-state index < -0.39 is 0 Å². The number of benzene rings is 1. The number of rotatable bonds is 4. The van der Waals surface area contributed by atoms with Crippen molar-refractivity contribution in [2.75, 3.05) is 32.1 Å². The molecule has 1 aliphatic rings. The van der Waals surface area contributed by atoms with Crippen LogP contribution in [-0.2, 0) is 0 Å². The Hall–Kier alpha value is -1.26. The van der Waals surface area contributed by atoms with Gasteiger partial charge in [-0.15, -0.1) is 0 Å². The monoisotopic (exact) mass is 221 g/mol. The van der Waals surface area contributed by atoms with Crippen LogP contribution in [-0.4, -0.2) is 32.3 Å². The van der Waals surface area contributed by atoms with Gasteiger partial charge in [0.05, 0.1) is 18.3 Å². The van der Waals surface area contributed by atoms with E-state index in [1.807, 2.05) is 24.3 Å². The van der Waals surface area contributed by atoms with Gasteiger partial charge in [0, 0.05) is 13.1 Å². The van der Waals surface area contributed by atoms with Crippen LogP contribution in [0.2, 0.25) is 0 Å². The Morgan fingerprint density at radius 3 is 2.94 bits per heavy atom. The van der Waals surface area contributed by atoms with Gasteiger partial charge in [0.1, 0.15) is 5.75 Å². The van der Waals surface area contributed by atoms with E-state index in [2.05, 4.69) is 10.6 Å². The number of ether oxygens (including phenoxy) is 1. The molecule has 0 saturated carbocycles. The van der Waals surface area contributed by atoms with Gasteiger partial charge in [-0.2, -0.15) is 0 Å². The molecule has 1 saturated heterocycles. The molecule has 1 aromatic rings. The molecule has 0 aromatic heterocycles.